The zero-order valence-corrected chi connectivity index (χ0v) is 13.9. The molecular weight excluding hydrogens is 296 g/mol. The number of aryl methyl sites for hydroxylation is 4. The Morgan fingerprint density at radius 2 is 2.18 bits per heavy atom. The highest BCUT2D eigenvalue weighted by molar-refractivity contribution is 7.17. The van der Waals surface area contributed by atoms with Crippen LogP contribution in [-0.4, -0.2) is 30.2 Å². The Morgan fingerprint density at radius 3 is 3.05 bits per heavy atom. The van der Waals surface area contributed by atoms with Crippen LogP contribution in [0.1, 0.15) is 34.3 Å². The standard InChI is InChI=1S/C15H20N6S/c1-9-7-21-13(10(2)17-15(21)22-9)6-16-12-4-5-14-19-18-11(3)20(14)8-12/h7,12,16H,4-6,8H2,1-3H3/t12-/m1/s1. The summed E-state index contributed by atoms with van der Waals surface area (Å²) in [4.78, 5) is 7.04. The van der Waals surface area contributed by atoms with Gasteiger partial charge in [-0.25, -0.2) is 4.98 Å². The van der Waals surface area contributed by atoms with Gasteiger partial charge in [0.2, 0.25) is 0 Å². The molecule has 0 bridgehead atoms. The number of hydrogen-bond donors (Lipinski definition) is 1. The maximum absolute atomic E-state index is 4.66. The first kappa shape index (κ1) is 13.9. The Balaban J connectivity index is 1.50. The number of thiazole rings is 1. The lowest BCUT2D eigenvalue weighted by Crippen LogP contribution is -2.37. The van der Waals surface area contributed by atoms with Crippen LogP contribution in [0, 0.1) is 20.8 Å². The highest BCUT2D eigenvalue weighted by Crippen LogP contribution is 2.21. The first-order valence-electron chi connectivity index (χ1n) is 7.68. The zero-order chi connectivity index (χ0) is 15.3. The predicted molar refractivity (Wildman–Crippen MR) is 86.3 cm³/mol. The zero-order valence-electron chi connectivity index (χ0n) is 13.1. The molecule has 0 unspecified atom stereocenters. The average Bonchev–Trinajstić information content (AvgIpc) is 3.11. The number of imidazole rings is 1. The molecule has 116 valence electrons. The van der Waals surface area contributed by atoms with Crippen molar-refractivity contribution in [1.82, 2.24) is 29.5 Å². The first-order chi connectivity index (χ1) is 10.6. The maximum Gasteiger partial charge on any atom is 0.194 e. The van der Waals surface area contributed by atoms with E-state index >= 15 is 0 Å². The van der Waals surface area contributed by atoms with E-state index in [0.29, 0.717) is 6.04 Å². The first-order valence-corrected chi connectivity index (χ1v) is 8.49. The summed E-state index contributed by atoms with van der Waals surface area (Å²) >= 11 is 1.75. The molecule has 4 heterocycles. The third-order valence-corrected chi connectivity index (χ3v) is 5.33. The minimum Gasteiger partial charge on any atom is -0.314 e. The minimum atomic E-state index is 0.465. The van der Waals surface area contributed by atoms with Crippen LogP contribution in [0.15, 0.2) is 6.20 Å². The van der Waals surface area contributed by atoms with Crippen LogP contribution >= 0.6 is 11.3 Å². The van der Waals surface area contributed by atoms with Gasteiger partial charge in [-0.2, -0.15) is 0 Å². The summed E-state index contributed by atoms with van der Waals surface area (Å²) in [6.07, 6.45) is 4.29. The van der Waals surface area contributed by atoms with Gasteiger partial charge in [0.05, 0.1) is 11.4 Å². The molecule has 3 aromatic rings. The van der Waals surface area contributed by atoms with Gasteiger partial charge in [0.15, 0.2) is 4.96 Å². The van der Waals surface area contributed by atoms with Gasteiger partial charge >= 0.3 is 0 Å². The average molecular weight is 316 g/mol. The molecule has 0 spiro atoms. The van der Waals surface area contributed by atoms with Gasteiger partial charge in [0, 0.05) is 36.6 Å². The molecule has 1 atom stereocenters. The van der Waals surface area contributed by atoms with Gasteiger partial charge < -0.3 is 9.88 Å². The maximum atomic E-state index is 4.66. The van der Waals surface area contributed by atoms with E-state index in [1.807, 2.05) is 6.92 Å². The van der Waals surface area contributed by atoms with Crippen molar-refractivity contribution < 1.29 is 0 Å². The van der Waals surface area contributed by atoms with Crippen molar-refractivity contribution in [2.75, 3.05) is 0 Å². The van der Waals surface area contributed by atoms with E-state index in [1.54, 1.807) is 11.3 Å². The van der Waals surface area contributed by atoms with E-state index in [9.17, 15) is 0 Å². The summed E-state index contributed by atoms with van der Waals surface area (Å²) in [5, 5.41) is 12.1. The van der Waals surface area contributed by atoms with Gasteiger partial charge in [0.1, 0.15) is 11.6 Å². The predicted octanol–water partition coefficient (Wildman–Crippen LogP) is 2.02. The molecule has 0 radical (unpaired) electrons. The number of rotatable bonds is 3. The molecule has 1 aliphatic heterocycles. The topological polar surface area (TPSA) is 60.0 Å². The van der Waals surface area contributed by atoms with Crippen molar-refractivity contribution in [2.24, 2.45) is 0 Å². The summed E-state index contributed by atoms with van der Waals surface area (Å²) in [6.45, 7) is 8.05. The molecule has 6 nitrogen and oxygen atoms in total. The molecule has 7 heteroatoms. The van der Waals surface area contributed by atoms with Crippen molar-refractivity contribution in [3.8, 4) is 0 Å². The molecule has 0 saturated carbocycles. The lowest BCUT2D eigenvalue weighted by Gasteiger charge is -2.25. The molecule has 4 rings (SSSR count). The van der Waals surface area contributed by atoms with Gasteiger partial charge in [-0.15, -0.1) is 21.5 Å². The van der Waals surface area contributed by atoms with Crippen LogP contribution in [0.4, 0.5) is 0 Å². The molecule has 1 N–H and O–H groups in total. The Kier molecular flexibility index (Phi) is 3.27. The molecule has 0 aliphatic carbocycles. The smallest absolute Gasteiger partial charge is 0.194 e. The Morgan fingerprint density at radius 1 is 1.32 bits per heavy atom. The van der Waals surface area contributed by atoms with Crippen molar-refractivity contribution in [3.05, 3.63) is 34.1 Å². The largest absolute Gasteiger partial charge is 0.314 e. The van der Waals surface area contributed by atoms with Gasteiger partial charge in [-0.1, -0.05) is 0 Å². The van der Waals surface area contributed by atoms with E-state index in [4.69, 9.17) is 0 Å². The third kappa shape index (κ3) is 2.24. The molecule has 1 aliphatic rings. The highest BCUT2D eigenvalue weighted by atomic mass is 32.1. The fraction of sp³-hybridized carbons (Fsp3) is 0.533. The number of nitrogens with one attached hydrogen (secondary N) is 1. The van der Waals surface area contributed by atoms with Crippen molar-refractivity contribution in [2.45, 2.75) is 52.7 Å². The number of hydrogen-bond acceptors (Lipinski definition) is 5. The molecule has 22 heavy (non-hydrogen) atoms. The van der Waals surface area contributed by atoms with E-state index < -0.39 is 0 Å². The van der Waals surface area contributed by atoms with Crippen molar-refractivity contribution >= 4 is 16.3 Å². The van der Waals surface area contributed by atoms with Crippen LogP contribution in [0.5, 0.6) is 0 Å². The van der Waals surface area contributed by atoms with Crippen LogP contribution in [0.25, 0.3) is 4.96 Å². The lowest BCUT2D eigenvalue weighted by molar-refractivity contribution is 0.373. The molecular formula is C15H20N6S. The van der Waals surface area contributed by atoms with Crippen LogP contribution < -0.4 is 5.32 Å². The highest BCUT2D eigenvalue weighted by Gasteiger charge is 2.21. The van der Waals surface area contributed by atoms with Gasteiger partial charge in [-0.3, -0.25) is 4.40 Å². The summed E-state index contributed by atoms with van der Waals surface area (Å²) in [6, 6.07) is 0.465. The molecule has 0 fully saturated rings. The Bertz CT molecular complexity index is 827. The Labute approximate surface area is 133 Å². The molecule has 0 amide bonds. The Hall–Kier alpha value is -1.73. The number of fused-ring (bicyclic) bond motifs is 2. The quantitative estimate of drug-likeness (QED) is 0.803. The second-order valence-corrected chi connectivity index (χ2v) is 7.24. The fourth-order valence-electron chi connectivity index (χ4n) is 3.19. The summed E-state index contributed by atoms with van der Waals surface area (Å²) < 4.78 is 4.45. The van der Waals surface area contributed by atoms with Crippen molar-refractivity contribution in [3.63, 3.8) is 0 Å². The SMILES string of the molecule is Cc1cn2c(CN[C@@H]3CCc4nnc(C)n4C3)c(C)nc2s1. The van der Waals surface area contributed by atoms with E-state index in [2.05, 4.69) is 49.5 Å². The second-order valence-electron chi connectivity index (χ2n) is 6.03. The van der Waals surface area contributed by atoms with Crippen LogP contribution in [-0.2, 0) is 19.5 Å². The summed E-state index contributed by atoms with van der Waals surface area (Å²) in [5.74, 6) is 2.13. The van der Waals surface area contributed by atoms with E-state index in [1.165, 1.54) is 10.6 Å². The summed E-state index contributed by atoms with van der Waals surface area (Å²) in [7, 11) is 0. The molecule has 0 aromatic carbocycles. The molecule has 0 saturated heterocycles. The van der Waals surface area contributed by atoms with E-state index in [0.717, 1.165) is 48.2 Å². The van der Waals surface area contributed by atoms with E-state index in [-0.39, 0.29) is 0 Å². The lowest BCUT2D eigenvalue weighted by atomic mass is 10.1. The third-order valence-electron chi connectivity index (χ3n) is 4.43. The van der Waals surface area contributed by atoms with Crippen LogP contribution in [0.2, 0.25) is 0 Å². The second kappa shape index (κ2) is 5.17. The van der Waals surface area contributed by atoms with Crippen molar-refractivity contribution in [1.29, 1.82) is 0 Å². The summed E-state index contributed by atoms with van der Waals surface area (Å²) in [5.41, 5.74) is 2.39. The monoisotopic (exact) mass is 316 g/mol. The van der Waals surface area contributed by atoms with Gasteiger partial charge in [-0.05, 0) is 27.2 Å². The number of aromatic nitrogens is 5. The molecule has 3 aromatic heterocycles. The van der Waals surface area contributed by atoms with Crippen LogP contribution in [0.3, 0.4) is 0 Å². The normalized spacial score (nSPS) is 18.0. The fourth-order valence-corrected chi connectivity index (χ4v) is 4.08. The minimum absolute atomic E-state index is 0.465. The van der Waals surface area contributed by atoms with Gasteiger partial charge in [0.25, 0.3) is 0 Å². The number of nitrogens with zero attached hydrogens (tertiary/aromatic N) is 5.